The van der Waals surface area contributed by atoms with Crippen molar-refractivity contribution in [1.29, 1.82) is 0 Å². The van der Waals surface area contributed by atoms with Crippen molar-refractivity contribution >= 4 is 6.09 Å². The fourth-order valence-electron chi connectivity index (χ4n) is 3.20. The van der Waals surface area contributed by atoms with Crippen molar-refractivity contribution in [3.05, 3.63) is 84.2 Å². The number of pyridine rings is 1. The van der Waals surface area contributed by atoms with Crippen LogP contribution in [0.3, 0.4) is 0 Å². The first kappa shape index (κ1) is 24.9. The van der Waals surface area contributed by atoms with E-state index >= 15 is 0 Å². The molecule has 0 saturated heterocycles. The summed E-state index contributed by atoms with van der Waals surface area (Å²) in [6, 6.07) is 18.8. The first-order valence-electron chi connectivity index (χ1n) is 11.0. The molecular formula is C26H30N2O6. The highest BCUT2D eigenvalue weighted by Crippen LogP contribution is 2.19. The highest BCUT2D eigenvalue weighted by molar-refractivity contribution is 5.67. The zero-order valence-electron chi connectivity index (χ0n) is 19.5. The van der Waals surface area contributed by atoms with Crippen LogP contribution in [0.1, 0.15) is 11.1 Å². The lowest BCUT2D eigenvalue weighted by Gasteiger charge is -2.23. The van der Waals surface area contributed by atoms with E-state index in [9.17, 15) is 4.79 Å². The molecule has 1 heterocycles. The average molecular weight is 467 g/mol. The lowest BCUT2D eigenvalue weighted by Crippen LogP contribution is -2.31. The number of ether oxygens (including phenoxy) is 5. The van der Waals surface area contributed by atoms with Crippen LogP contribution >= 0.6 is 0 Å². The van der Waals surface area contributed by atoms with E-state index in [0.717, 1.165) is 22.6 Å². The molecule has 0 aliphatic heterocycles. The number of nitrogens with zero attached hydrogens (tertiary/aromatic N) is 2. The summed E-state index contributed by atoms with van der Waals surface area (Å²) >= 11 is 0. The summed E-state index contributed by atoms with van der Waals surface area (Å²) in [5, 5.41) is 0. The van der Waals surface area contributed by atoms with Gasteiger partial charge in [0, 0.05) is 19.3 Å². The first-order chi connectivity index (χ1) is 16.7. The van der Waals surface area contributed by atoms with Gasteiger partial charge in [-0.25, -0.2) is 4.79 Å². The van der Waals surface area contributed by atoms with Crippen LogP contribution in [-0.4, -0.2) is 56.6 Å². The van der Waals surface area contributed by atoms with Gasteiger partial charge >= 0.3 is 6.09 Å². The second-order valence-corrected chi connectivity index (χ2v) is 7.32. The van der Waals surface area contributed by atoms with Crippen LogP contribution in [0.2, 0.25) is 0 Å². The van der Waals surface area contributed by atoms with Gasteiger partial charge in [-0.2, -0.15) is 0 Å². The molecule has 1 aromatic heterocycles. The molecule has 0 bridgehead atoms. The molecule has 0 atom stereocenters. The predicted octanol–water partition coefficient (Wildman–Crippen LogP) is 4.33. The Kier molecular flexibility index (Phi) is 10.0. The van der Waals surface area contributed by atoms with Crippen LogP contribution in [0.4, 0.5) is 4.79 Å². The largest absolute Gasteiger partial charge is 0.497 e. The quantitative estimate of drug-likeness (QED) is 0.347. The Bertz CT molecular complexity index is 965. The van der Waals surface area contributed by atoms with Gasteiger partial charge in [0.15, 0.2) is 0 Å². The fraction of sp³-hybridized carbons (Fsp3) is 0.308. The van der Waals surface area contributed by atoms with Crippen molar-refractivity contribution in [3.8, 4) is 17.2 Å². The van der Waals surface area contributed by atoms with E-state index in [1.165, 1.54) is 0 Å². The molecule has 0 fully saturated rings. The fourth-order valence-corrected chi connectivity index (χ4v) is 3.20. The van der Waals surface area contributed by atoms with E-state index in [1.54, 1.807) is 37.6 Å². The Hall–Kier alpha value is -3.78. The van der Waals surface area contributed by atoms with E-state index in [1.807, 2.05) is 54.6 Å². The summed E-state index contributed by atoms with van der Waals surface area (Å²) in [6.07, 6.45) is 2.89. The number of aromatic nitrogens is 1. The van der Waals surface area contributed by atoms with Gasteiger partial charge in [-0.15, -0.1) is 0 Å². The van der Waals surface area contributed by atoms with E-state index in [0.29, 0.717) is 32.1 Å². The molecule has 0 saturated carbocycles. The second kappa shape index (κ2) is 13.7. The highest BCUT2D eigenvalue weighted by atomic mass is 16.6. The van der Waals surface area contributed by atoms with Crippen LogP contribution in [0, 0.1) is 0 Å². The highest BCUT2D eigenvalue weighted by Gasteiger charge is 2.17. The zero-order chi connectivity index (χ0) is 24.0. The minimum atomic E-state index is -0.430. The number of benzene rings is 2. The number of carbonyl (C=O) groups excluding carboxylic acids is 1. The number of hydrogen-bond acceptors (Lipinski definition) is 7. The molecule has 3 rings (SSSR count). The van der Waals surface area contributed by atoms with Crippen LogP contribution in [-0.2, 0) is 22.6 Å². The Morgan fingerprint density at radius 3 is 2.00 bits per heavy atom. The molecule has 8 heteroatoms. The second-order valence-electron chi connectivity index (χ2n) is 7.32. The monoisotopic (exact) mass is 466 g/mol. The summed E-state index contributed by atoms with van der Waals surface area (Å²) in [7, 11) is 3.23. The van der Waals surface area contributed by atoms with Crippen LogP contribution < -0.4 is 14.2 Å². The Morgan fingerprint density at radius 1 is 0.794 bits per heavy atom. The summed E-state index contributed by atoms with van der Waals surface area (Å²) in [4.78, 5) is 18.5. The van der Waals surface area contributed by atoms with Crippen molar-refractivity contribution in [2.75, 3.05) is 40.6 Å². The number of hydrogen-bond donors (Lipinski definition) is 0. The van der Waals surface area contributed by atoms with Gasteiger partial charge in [-0.1, -0.05) is 24.3 Å². The smallest absolute Gasteiger partial charge is 0.410 e. The molecule has 0 N–H and O–H groups in total. The third kappa shape index (κ3) is 8.29. The molecule has 0 spiro atoms. The maximum atomic E-state index is 12.9. The standard InChI is InChI=1S/C26H30N2O6/c1-30-23-8-3-6-21(16-23)19-28(20-22-7-4-9-24(17-22)31-2)26(29)34-15-13-32-12-14-33-25-10-5-11-27-18-25/h3-11,16-18H,12-15,19-20H2,1-2H3. The molecule has 0 radical (unpaired) electrons. The van der Waals surface area contributed by atoms with E-state index in [2.05, 4.69) is 4.98 Å². The number of carbonyl (C=O) groups is 1. The van der Waals surface area contributed by atoms with Crippen LogP contribution in [0.15, 0.2) is 73.1 Å². The average Bonchev–Trinajstić information content (AvgIpc) is 2.88. The maximum absolute atomic E-state index is 12.9. The summed E-state index contributed by atoms with van der Waals surface area (Å²) in [6.45, 7) is 1.91. The third-order valence-corrected chi connectivity index (χ3v) is 4.86. The molecule has 3 aromatic rings. The number of amides is 1. The Morgan fingerprint density at radius 2 is 1.41 bits per heavy atom. The lowest BCUT2D eigenvalue weighted by molar-refractivity contribution is 0.0426. The summed E-state index contributed by atoms with van der Waals surface area (Å²) < 4.78 is 27.1. The van der Waals surface area contributed by atoms with Gasteiger partial charge in [-0.05, 0) is 47.5 Å². The van der Waals surface area contributed by atoms with Crippen molar-refractivity contribution in [2.45, 2.75) is 13.1 Å². The number of rotatable bonds is 13. The molecule has 0 aliphatic rings. The molecule has 2 aromatic carbocycles. The van der Waals surface area contributed by atoms with Gasteiger partial charge in [0.05, 0.1) is 33.6 Å². The predicted molar refractivity (Wildman–Crippen MR) is 127 cm³/mol. The third-order valence-electron chi connectivity index (χ3n) is 4.86. The molecule has 8 nitrogen and oxygen atoms in total. The topological polar surface area (TPSA) is 79.4 Å². The first-order valence-corrected chi connectivity index (χ1v) is 11.0. The van der Waals surface area contributed by atoms with E-state index in [-0.39, 0.29) is 13.2 Å². The van der Waals surface area contributed by atoms with Gasteiger partial charge in [0.1, 0.15) is 30.5 Å². The van der Waals surface area contributed by atoms with Gasteiger partial charge in [0.2, 0.25) is 0 Å². The van der Waals surface area contributed by atoms with Crippen molar-refractivity contribution in [2.24, 2.45) is 0 Å². The molecule has 1 amide bonds. The van der Waals surface area contributed by atoms with Crippen molar-refractivity contribution in [1.82, 2.24) is 9.88 Å². The van der Waals surface area contributed by atoms with E-state index in [4.69, 9.17) is 23.7 Å². The Balaban J connectivity index is 1.50. The van der Waals surface area contributed by atoms with Gasteiger partial charge in [-0.3, -0.25) is 9.88 Å². The molecule has 0 unspecified atom stereocenters. The molecular weight excluding hydrogens is 436 g/mol. The summed E-state index contributed by atoms with van der Waals surface area (Å²) in [5.74, 6) is 2.14. The molecule has 34 heavy (non-hydrogen) atoms. The maximum Gasteiger partial charge on any atom is 0.410 e. The van der Waals surface area contributed by atoms with Crippen LogP contribution in [0.5, 0.6) is 17.2 Å². The lowest BCUT2D eigenvalue weighted by atomic mass is 10.1. The normalized spacial score (nSPS) is 10.4. The van der Waals surface area contributed by atoms with Crippen molar-refractivity contribution < 1.29 is 28.5 Å². The SMILES string of the molecule is COc1cccc(CN(Cc2cccc(OC)c2)C(=O)OCCOCCOc2cccnc2)c1. The Labute approximate surface area is 200 Å². The zero-order valence-corrected chi connectivity index (χ0v) is 19.5. The van der Waals surface area contributed by atoms with Crippen LogP contribution in [0.25, 0.3) is 0 Å². The number of methoxy groups -OCH3 is 2. The minimum absolute atomic E-state index is 0.137. The van der Waals surface area contributed by atoms with Gasteiger partial charge in [0.25, 0.3) is 0 Å². The van der Waals surface area contributed by atoms with E-state index < -0.39 is 6.09 Å². The molecule has 0 aliphatic carbocycles. The van der Waals surface area contributed by atoms with Crippen molar-refractivity contribution in [3.63, 3.8) is 0 Å². The summed E-state index contributed by atoms with van der Waals surface area (Å²) in [5.41, 5.74) is 1.87. The van der Waals surface area contributed by atoms with Gasteiger partial charge < -0.3 is 23.7 Å². The minimum Gasteiger partial charge on any atom is -0.497 e. The molecule has 180 valence electrons.